The Kier molecular flexibility index (Phi) is 4.22. The molecular formula is C10H16N2S3. The molecule has 1 unspecified atom stereocenters. The molecule has 0 saturated carbocycles. The minimum atomic E-state index is 0.733. The topological polar surface area (TPSA) is 20.7 Å². The molecule has 2 rings (SSSR count). The third-order valence-electron chi connectivity index (χ3n) is 2.59. The van der Waals surface area contributed by atoms with Gasteiger partial charge in [0.1, 0.15) is 0 Å². The summed E-state index contributed by atoms with van der Waals surface area (Å²) in [5, 5.41) is 0.733. The summed E-state index contributed by atoms with van der Waals surface area (Å²) in [6.07, 6.45) is 3.10. The van der Waals surface area contributed by atoms with Gasteiger partial charge in [0.25, 0.3) is 0 Å². The number of thioether (sulfide) groups is 2. The zero-order chi connectivity index (χ0) is 10.7. The predicted molar refractivity (Wildman–Crippen MR) is 72.6 cm³/mol. The highest BCUT2D eigenvalue weighted by molar-refractivity contribution is 8.06. The van der Waals surface area contributed by atoms with Gasteiger partial charge in [0.05, 0.1) is 0 Å². The first-order valence-electron chi connectivity index (χ1n) is 5.27. The Hall–Kier alpha value is 0.130. The molecule has 2 heterocycles. The Labute approximate surface area is 104 Å². The first-order valence-corrected chi connectivity index (χ1v) is 7.89. The molecule has 1 fully saturated rings. The lowest BCUT2D eigenvalue weighted by molar-refractivity contribution is 0.655. The third kappa shape index (κ3) is 2.82. The van der Waals surface area contributed by atoms with Gasteiger partial charge in [-0.1, -0.05) is 6.92 Å². The van der Waals surface area contributed by atoms with Gasteiger partial charge in [-0.25, -0.2) is 0 Å². The molecular weight excluding hydrogens is 244 g/mol. The van der Waals surface area contributed by atoms with Crippen LogP contribution in [0, 0.1) is 4.77 Å². The van der Waals surface area contributed by atoms with Crippen LogP contribution in [-0.2, 0) is 13.0 Å². The minimum Gasteiger partial charge on any atom is -0.337 e. The van der Waals surface area contributed by atoms with E-state index in [9.17, 15) is 0 Å². The number of aromatic amines is 1. The predicted octanol–water partition coefficient (Wildman–Crippen LogP) is 2.96. The minimum absolute atomic E-state index is 0.733. The lowest BCUT2D eigenvalue weighted by Crippen LogP contribution is -2.21. The number of hydrogen-bond acceptors (Lipinski definition) is 3. The summed E-state index contributed by atoms with van der Waals surface area (Å²) in [5.74, 6) is 3.86. The summed E-state index contributed by atoms with van der Waals surface area (Å²) in [4.78, 5) is 3.14. The van der Waals surface area contributed by atoms with Crippen molar-refractivity contribution in [2.45, 2.75) is 25.1 Å². The Morgan fingerprint density at radius 1 is 1.60 bits per heavy atom. The molecule has 84 valence electrons. The Balaban J connectivity index is 2.08. The second-order valence-corrected chi connectivity index (χ2v) is 6.56. The maximum Gasteiger partial charge on any atom is 0.177 e. The lowest BCUT2D eigenvalue weighted by Gasteiger charge is -2.22. The van der Waals surface area contributed by atoms with Crippen molar-refractivity contribution < 1.29 is 0 Å². The number of nitrogens with zero attached hydrogens (tertiary/aromatic N) is 1. The molecule has 0 amide bonds. The summed E-state index contributed by atoms with van der Waals surface area (Å²) in [5.41, 5.74) is 1.33. The van der Waals surface area contributed by atoms with E-state index >= 15 is 0 Å². The fourth-order valence-electron chi connectivity index (χ4n) is 1.77. The van der Waals surface area contributed by atoms with E-state index in [-0.39, 0.29) is 0 Å². The summed E-state index contributed by atoms with van der Waals surface area (Å²) in [6.45, 7) is 3.25. The van der Waals surface area contributed by atoms with E-state index in [0.717, 1.165) is 23.0 Å². The van der Waals surface area contributed by atoms with Crippen molar-refractivity contribution in [3.8, 4) is 0 Å². The normalized spacial score (nSPS) is 21.8. The molecule has 1 atom stereocenters. The van der Waals surface area contributed by atoms with Gasteiger partial charge in [0.15, 0.2) is 4.77 Å². The first-order chi connectivity index (χ1) is 7.31. The highest BCUT2D eigenvalue weighted by atomic mass is 32.2. The molecule has 1 aromatic rings. The summed E-state index contributed by atoms with van der Waals surface area (Å²) >= 11 is 9.45. The van der Waals surface area contributed by atoms with Crippen molar-refractivity contribution in [3.05, 3.63) is 16.7 Å². The van der Waals surface area contributed by atoms with Gasteiger partial charge in [-0.05, 0) is 18.6 Å². The van der Waals surface area contributed by atoms with Crippen molar-refractivity contribution in [1.82, 2.24) is 9.55 Å². The molecule has 0 radical (unpaired) electrons. The van der Waals surface area contributed by atoms with Gasteiger partial charge in [-0.3, -0.25) is 0 Å². The van der Waals surface area contributed by atoms with Gasteiger partial charge in [0, 0.05) is 40.9 Å². The van der Waals surface area contributed by atoms with Crippen molar-refractivity contribution >= 4 is 35.7 Å². The van der Waals surface area contributed by atoms with Crippen LogP contribution in [0.5, 0.6) is 0 Å². The van der Waals surface area contributed by atoms with Crippen LogP contribution in [0.25, 0.3) is 0 Å². The van der Waals surface area contributed by atoms with Crippen molar-refractivity contribution in [2.24, 2.45) is 0 Å². The molecule has 1 aliphatic rings. The Morgan fingerprint density at radius 3 is 3.13 bits per heavy atom. The average Bonchev–Trinajstić information content (AvgIpc) is 2.62. The molecule has 1 aromatic heterocycles. The van der Waals surface area contributed by atoms with Crippen molar-refractivity contribution in [1.29, 1.82) is 0 Å². The number of aromatic nitrogens is 2. The number of aryl methyl sites for hydroxylation is 1. The zero-order valence-electron chi connectivity index (χ0n) is 8.86. The second-order valence-electron chi connectivity index (χ2n) is 3.62. The fraction of sp³-hybridized carbons (Fsp3) is 0.700. The summed E-state index contributed by atoms with van der Waals surface area (Å²) < 4.78 is 3.14. The number of nitrogens with one attached hydrogen (secondary N) is 1. The zero-order valence-corrected chi connectivity index (χ0v) is 11.3. The van der Waals surface area contributed by atoms with Crippen LogP contribution in [0.2, 0.25) is 0 Å². The van der Waals surface area contributed by atoms with E-state index in [2.05, 4.69) is 40.0 Å². The molecule has 0 aromatic carbocycles. The maximum absolute atomic E-state index is 5.30. The molecule has 1 aliphatic heterocycles. The van der Waals surface area contributed by atoms with Crippen LogP contribution in [0.15, 0.2) is 6.20 Å². The van der Waals surface area contributed by atoms with Gasteiger partial charge in [0.2, 0.25) is 0 Å². The fourth-order valence-corrected chi connectivity index (χ4v) is 4.67. The van der Waals surface area contributed by atoms with E-state index in [1.807, 2.05) is 6.20 Å². The third-order valence-corrected chi connectivity index (χ3v) is 5.75. The molecule has 0 aliphatic carbocycles. The van der Waals surface area contributed by atoms with Crippen LogP contribution in [0.4, 0.5) is 0 Å². The van der Waals surface area contributed by atoms with Gasteiger partial charge < -0.3 is 9.55 Å². The van der Waals surface area contributed by atoms with E-state index in [1.165, 1.54) is 23.0 Å². The second kappa shape index (κ2) is 5.46. The Morgan fingerprint density at radius 2 is 2.47 bits per heavy atom. The van der Waals surface area contributed by atoms with E-state index < -0.39 is 0 Å². The highest BCUT2D eigenvalue weighted by Crippen LogP contribution is 2.25. The lowest BCUT2D eigenvalue weighted by atomic mass is 10.3. The van der Waals surface area contributed by atoms with E-state index in [4.69, 9.17) is 12.2 Å². The smallest absolute Gasteiger partial charge is 0.177 e. The van der Waals surface area contributed by atoms with Crippen molar-refractivity contribution in [3.63, 3.8) is 0 Å². The largest absolute Gasteiger partial charge is 0.337 e. The first kappa shape index (κ1) is 11.6. The number of hydrogen-bond donors (Lipinski definition) is 1. The Bertz CT molecular complexity index is 363. The van der Waals surface area contributed by atoms with E-state index in [0.29, 0.717) is 0 Å². The SMILES string of the molecule is CCc1c[nH]c(=S)n1CC1CSCCS1. The maximum atomic E-state index is 5.30. The highest BCUT2D eigenvalue weighted by Gasteiger charge is 2.16. The molecule has 0 bridgehead atoms. The standard InChI is InChI=1S/C10H16N2S3/c1-2-8-5-11-10(13)12(8)6-9-7-14-3-4-15-9/h5,9H,2-4,6-7H2,1H3,(H,11,13). The molecule has 0 spiro atoms. The average molecular weight is 260 g/mol. The van der Waals surface area contributed by atoms with E-state index in [1.54, 1.807) is 0 Å². The van der Waals surface area contributed by atoms with Crippen LogP contribution in [0.1, 0.15) is 12.6 Å². The number of rotatable bonds is 3. The van der Waals surface area contributed by atoms with Crippen LogP contribution < -0.4 is 0 Å². The van der Waals surface area contributed by atoms with Crippen LogP contribution in [-0.4, -0.2) is 32.1 Å². The van der Waals surface area contributed by atoms with Gasteiger partial charge >= 0.3 is 0 Å². The molecule has 1 saturated heterocycles. The molecule has 2 nitrogen and oxygen atoms in total. The van der Waals surface area contributed by atoms with Crippen molar-refractivity contribution in [2.75, 3.05) is 17.3 Å². The molecule has 15 heavy (non-hydrogen) atoms. The quantitative estimate of drug-likeness (QED) is 0.844. The summed E-state index contributed by atoms with van der Waals surface area (Å²) in [6, 6.07) is 0. The van der Waals surface area contributed by atoms with Crippen LogP contribution >= 0.6 is 35.7 Å². The van der Waals surface area contributed by atoms with Gasteiger partial charge in [-0.2, -0.15) is 23.5 Å². The number of H-pyrrole nitrogens is 1. The molecule has 5 heteroatoms. The number of imidazole rings is 1. The van der Waals surface area contributed by atoms with Crippen LogP contribution in [0.3, 0.4) is 0 Å². The molecule has 1 N–H and O–H groups in total. The van der Waals surface area contributed by atoms with Gasteiger partial charge in [-0.15, -0.1) is 0 Å². The monoisotopic (exact) mass is 260 g/mol. The summed E-state index contributed by atoms with van der Waals surface area (Å²) in [7, 11) is 0.